The number of para-hydroxylation sites is 2. The van der Waals surface area contributed by atoms with Gasteiger partial charge in [0, 0.05) is 5.75 Å². The first kappa shape index (κ1) is 19.1. The van der Waals surface area contributed by atoms with Gasteiger partial charge in [-0.2, -0.15) is 0 Å². The lowest BCUT2D eigenvalue weighted by atomic mass is 10.3. The van der Waals surface area contributed by atoms with Crippen LogP contribution in [0.25, 0.3) is 16.8 Å². The van der Waals surface area contributed by atoms with Crippen molar-refractivity contribution >= 4 is 34.5 Å². The predicted molar refractivity (Wildman–Crippen MR) is 110 cm³/mol. The number of hydrogen-bond donors (Lipinski definition) is 1. The van der Waals surface area contributed by atoms with E-state index in [9.17, 15) is 9.90 Å². The Balaban J connectivity index is 1.46. The zero-order valence-corrected chi connectivity index (χ0v) is 16.6. The smallest absolute Gasteiger partial charge is 0.323 e. The van der Waals surface area contributed by atoms with Gasteiger partial charge in [-0.05, 0) is 43.3 Å². The van der Waals surface area contributed by atoms with Gasteiger partial charge in [-0.1, -0.05) is 23.9 Å². The normalized spacial score (nSPS) is 11.2. The minimum atomic E-state index is -0.922. The Kier molecular flexibility index (Phi) is 5.57. The van der Waals surface area contributed by atoms with Crippen molar-refractivity contribution in [1.29, 1.82) is 0 Å². The number of fused-ring (bicyclic) bond motifs is 3. The molecule has 0 aliphatic rings. The van der Waals surface area contributed by atoms with Crippen LogP contribution in [0.2, 0.25) is 0 Å². The standard InChI is InChI=1S/C20H20N4O4S/c1-2-27-14-7-9-15(10-8-14)28-11-12-29-20-22-21-19-23(13-18(25)26)16-5-3-4-6-17(16)24(19)20/h3-10H,2,11-13H2,1H3,(H,25,26). The van der Waals surface area contributed by atoms with Crippen molar-refractivity contribution in [1.82, 2.24) is 19.2 Å². The summed E-state index contributed by atoms with van der Waals surface area (Å²) in [6.45, 7) is 2.91. The molecule has 2 aromatic carbocycles. The Morgan fingerprint density at radius 2 is 1.72 bits per heavy atom. The van der Waals surface area contributed by atoms with E-state index in [-0.39, 0.29) is 6.54 Å². The molecule has 9 heteroatoms. The molecule has 29 heavy (non-hydrogen) atoms. The van der Waals surface area contributed by atoms with E-state index in [1.165, 1.54) is 11.8 Å². The maximum atomic E-state index is 11.3. The van der Waals surface area contributed by atoms with Crippen LogP contribution in [-0.4, -0.2) is 49.2 Å². The van der Waals surface area contributed by atoms with Crippen LogP contribution in [0.4, 0.5) is 0 Å². The summed E-state index contributed by atoms with van der Waals surface area (Å²) >= 11 is 1.51. The van der Waals surface area contributed by atoms with Crippen molar-refractivity contribution in [2.45, 2.75) is 18.6 Å². The van der Waals surface area contributed by atoms with Crippen molar-refractivity contribution in [3.05, 3.63) is 48.5 Å². The molecule has 0 radical (unpaired) electrons. The van der Waals surface area contributed by atoms with Crippen molar-refractivity contribution < 1.29 is 19.4 Å². The number of aliphatic carboxylic acids is 1. The van der Waals surface area contributed by atoms with Gasteiger partial charge in [-0.3, -0.25) is 13.8 Å². The molecule has 0 bridgehead atoms. The fraction of sp³-hybridized carbons (Fsp3) is 0.250. The second-order valence-corrected chi connectivity index (χ2v) is 7.25. The fourth-order valence-corrected chi connectivity index (χ4v) is 3.87. The lowest BCUT2D eigenvalue weighted by Gasteiger charge is -2.07. The fourth-order valence-electron chi connectivity index (χ4n) is 3.11. The molecular weight excluding hydrogens is 392 g/mol. The van der Waals surface area contributed by atoms with Crippen LogP contribution in [0.3, 0.4) is 0 Å². The lowest BCUT2D eigenvalue weighted by molar-refractivity contribution is -0.137. The Morgan fingerprint density at radius 1 is 1.03 bits per heavy atom. The van der Waals surface area contributed by atoms with Crippen LogP contribution in [0.1, 0.15) is 6.92 Å². The summed E-state index contributed by atoms with van der Waals surface area (Å²) in [5, 5.41) is 18.4. The minimum Gasteiger partial charge on any atom is -0.494 e. The minimum absolute atomic E-state index is 0.166. The number of thioether (sulfide) groups is 1. The van der Waals surface area contributed by atoms with E-state index in [0.717, 1.165) is 22.5 Å². The van der Waals surface area contributed by atoms with Crippen molar-refractivity contribution in [2.75, 3.05) is 19.0 Å². The van der Waals surface area contributed by atoms with Crippen LogP contribution in [0.5, 0.6) is 11.5 Å². The van der Waals surface area contributed by atoms with E-state index < -0.39 is 5.97 Å². The molecule has 150 valence electrons. The highest BCUT2D eigenvalue weighted by atomic mass is 32.2. The van der Waals surface area contributed by atoms with Crippen molar-refractivity contribution in [3.8, 4) is 11.5 Å². The van der Waals surface area contributed by atoms with Gasteiger partial charge < -0.3 is 14.6 Å². The summed E-state index contributed by atoms with van der Waals surface area (Å²) in [7, 11) is 0. The van der Waals surface area contributed by atoms with E-state index in [1.807, 2.05) is 59.9 Å². The van der Waals surface area contributed by atoms with E-state index in [2.05, 4.69) is 10.2 Å². The second kappa shape index (κ2) is 8.44. The van der Waals surface area contributed by atoms with Gasteiger partial charge >= 0.3 is 5.97 Å². The third-order valence-electron chi connectivity index (χ3n) is 4.28. The molecule has 0 unspecified atom stereocenters. The molecule has 0 aliphatic carbocycles. The average Bonchev–Trinajstić information content (AvgIpc) is 3.26. The SMILES string of the molecule is CCOc1ccc(OCCSc2nnc3n(CC(=O)O)c4ccccc4n23)cc1. The molecule has 0 amide bonds. The van der Waals surface area contributed by atoms with Crippen LogP contribution < -0.4 is 9.47 Å². The molecule has 0 aliphatic heterocycles. The van der Waals surface area contributed by atoms with Crippen molar-refractivity contribution in [3.63, 3.8) is 0 Å². The second-order valence-electron chi connectivity index (χ2n) is 6.19. The molecule has 2 aromatic heterocycles. The van der Waals surface area contributed by atoms with Gasteiger partial charge in [0.2, 0.25) is 5.78 Å². The van der Waals surface area contributed by atoms with Crippen molar-refractivity contribution in [2.24, 2.45) is 0 Å². The number of carboxylic acid groups (broad SMARTS) is 1. The number of carboxylic acids is 1. The topological polar surface area (TPSA) is 90.9 Å². The lowest BCUT2D eigenvalue weighted by Crippen LogP contribution is -2.08. The van der Waals surface area contributed by atoms with Crippen LogP contribution in [0.15, 0.2) is 53.7 Å². The number of ether oxygens (including phenoxy) is 2. The van der Waals surface area contributed by atoms with Gasteiger partial charge in [0.05, 0.1) is 24.2 Å². The summed E-state index contributed by atoms with van der Waals surface area (Å²) in [6, 6.07) is 15.1. The monoisotopic (exact) mass is 412 g/mol. The Morgan fingerprint density at radius 3 is 2.41 bits per heavy atom. The quantitative estimate of drug-likeness (QED) is 0.333. The zero-order chi connectivity index (χ0) is 20.2. The highest BCUT2D eigenvalue weighted by Crippen LogP contribution is 2.26. The number of benzene rings is 2. The first-order chi connectivity index (χ1) is 14.2. The number of carbonyl (C=O) groups is 1. The van der Waals surface area contributed by atoms with Gasteiger partial charge in [-0.25, -0.2) is 0 Å². The summed E-state index contributed by atoms with van der Waals surface area (Å²) in [5.74, 6) is 1.86. The van der Waals surface area contributed by atoms with E-state index in [4.69, 9.17) is 9.47 Å². The molecule has 2 heterocycles. The molecular formula is C20H20N4O4S. The molecule has 4 rings (SSSR count). The van der Waals surface area contributed by atoms with Crippen LogP contribution in [-0.2, 0) is 11.3 Å². The molecule has 1 N–H and O–H groups in total. The Labute approximate surface area is 171 Å². The molecule has 0 saturated carbocycles. The predicted octanol–water partition coefficient (Wildman–Crippen LogP) is 3.34. The number of hydrogen-bond acceptors (Lipinski definition) is 6. The van der Waals surface area contributed by atoms with E-state index >= 15 is 0 Å². The van der Waals surface area contributed by atoms with Gasteiger partial charge in [0.1, 0.15) is 18.0 Å². The molecule has 0 saturated heterocycles. The third kappa shape index (κ3) is 4.00. The summed E-state index contributed by atoms with van der Waals surface area (Å²) < 4.78 is 14.7. The maximum absolute atomic E-state index is 11.3. The van der Waals surface area contributed by atoms with Gasteiger partial charge in [0.15, 0.2) is 5.16 Å². The molecule has 4 aromatic rings. The maximum Gasteiger partial charge on any atom is 0.323 e. The van der Waals surface area contributed by atoms with Crippen LogP contribution >= 0.6 is 11.8 Å². The zero-order valence-electron chi connectivity index (χ0n) is 15.8. The van der Waals surface area contributed by atoms with E-state index in [0.29, 0.717) is 29.9 Å². The molecule has 8 nitrogen and oxygen atoms in total. The number of rotatable bonds is 9. The summed E-state index contributed by atoms with van der Waals surface area (Å²) in [6.07, 6.45) is 0. The summed E-state index contributed by atoms with van der Waals surface area (Å²) in [5.41, 5.74) is 1.69. The summed E-state index contributed by atoms with van der Waals surface area (Å²) in [4.78, 5) is 11.3. The van der Waals surface area contributed by atoms with Gasteiger partial charge in [-0.15, -0.1) is 10.2 Å². The third-order valence-corrected chi connectivity index (χ3v) is 5.18. The largest absolute Gasteiger partial charge is 0.494 e. The number of imidazole rings is 1. The molecule has 0 atom stereocenters. The number of aromatic nitrogens is 4. The Bertz CT molecular complexity index is 1140. The Hall–Kier alpha value is -3.20. The first-order valence-electron chi connectivity index (χ1n) is 9.20. The molecule has 0 fully saturated rings. The van der Waals surface area contributed by atoms with E-state index in [1.54, 1.807) is 4.57 Å². The van der Waals surface area contributed by atoms with Crippen LogP contribution in [0, 0.1) is 0 Å². The van der Waals surface area contributed by atoms with Gasteiger partial charge in [0.25, 0.3) is 0 Å². The highest BCUT2D eigenvalue weighted by molar-refractivity contribution is 7.99. The highest BCUT2D eigenvalue weighted by Gasteiger charge is 2.18. The first-order valence-corrected chi connectivity index (χ1v) is 10.2. The average molecular weight is 412 g/mol. The molecule has 0 spiro atoms. The number of nitrogens with zero attached hydrogens (tertiary/aromatic N) is 4.